The van der Waals surface area contributed by atoms with Crippen LogP contribution in [0.5, 0.6) is 0 Å². The Morgan fingerprint density at radius 1 is 1.14 bits per heavy atom. The van der Waals surface area contributed by atoms with Crippen LogP contribution in [-0.2, 0) is 16.7 Å². The van der Waals surface area contributed by atoms with Gasteiger partial charge >= 0.3 is 0 Å². The van der Waals surface area contributed by atoms with Crippen LogP contribution in [0.3, 0.4) is 0 Å². The average Bonchev–Trinajstić information content (AvgIpc) is 3.14. The van der Waals surface area contributed by atoms with E-state index < -0.39 is 0 Å². The number of rotatable bonds is 10. The van der Waals surface area contributed by atoms with Gasteiger partial charge in [-0.1, -0.05) is 25.8 Å². The molecule has 4 nitrogen and oxygen atoms in total. The van der Waals surface area contributed by atoms with Crippen molar-refractivity contribution in [2.45, 2.75) is 76.9 Å². The number of nitrogens with zero attached hydrogens (tertiary/aromatic N) is 2. The number of nitrogens with one attached hydrogen (secondary N) is 1. The summed E-state index contributed by atoms with van der Waals surface area (Å²) in [6.45, 7) is 9.15. The van der Waals surface area contributed by atoms with Crippen molar-refractivity contribution >= 4 is 0 Å². The first kappa shape index (κ1) is 20.9. The Kier molecular flexibility index (Phi) is 7.19. The lowest BCUT2D eigenvalue weighted by Gasteiger charge is -2.39. The fraction of sp³-hybridized carbons (Fsp3) is 0.583. The van der Waals surface area contributed by atoms with Crippen LogP contribution >= 0.6 is 0 Å². The lowest BCUT2D eigenvalue weighted by molar-refractivity contribution is -0.0552. The maximum Gasteiger partial charge on any atom is 0.0691 e. The molecule has 1 N–H and O–H groups in total. The average molecular weight is 382 g/mol. The van der Waals surface area contributed by atoms with E-state index in [1.54, 1.807) is 0 Å². The highest BCUT2D eigenvalue weighted by Gasteiger charge is 2.42. The molecule has 0 saturated heterocycles. The molecule has 0 amide bonds. The van der Waals surface area contributed by atoms with Crippen molar-refractivity contribution in [3.05, 3.63) is 59.7 Å². The molecule has 152 valence electrons. The van der Waals surface area contributed by atoms with E-state index >= 15 is 0 Å². The molecule has 0 aromatic carbocycles. The van der Waals surface area contributed by atoms with Gasteiger partial charge < -0.3 is 10.1 Å². The number of ether oxygens (including phenoxy) is 1. The third-order valence-electron chi connectivity index (χ3n) is 6.10. The van der Waals surface area contributed by atoms with Crippen LogP contribution in [-0.4, -0.2) is 28.7 Å². The van der Waals surface area contributed by atoms with Crippen LogP contribution in [0.4, 0.5) is 0 Å². The second-order valence-corrected chi connectivity index (χ2v) is 8.51. The van der Waals surface area contributed by atoms with E-state index in [9.17, 15) is 0 Å². The molecule has 3 rings (SSSR count). The van der Waals surface area contributed by atoms with Gasteiger partial charge in [0.15, 0.2) is 0 Å². The quantitative estimate of drug-likeness (QED) is 0.591. The fourth-order valence-electron chi connectivity index (χ4n) is 4.75. The summed E-state index contributed by atoms with van der Waals surface area (Å²) in [5, 5.41) is 3.63. The summed E-state index contributed by atoms with van der Waals surface area (Å²) in [7, 11) is 0. The van der Waals surface area contributed by atoms with E-state index in [1.165, 1.54) is 36.9 Å². The standard InChI is InChI=1S/C24H35N3O/c1-4-28-24(11-6-7-12-24)19-23(3,22-9-5-8-14-27-22)13-16-25-18-21-10-15-26-20(2)17-21/h5,8-10,14-15,17,25H,4,6-7,11-13,16,18-19H2,1-3H3. The van der Waals surface area contributed by atoms with E-state index in [0.717, 1.165) is 38.2 Å². The molecule has 1 aliphatic rings. The Morgan fingerprint density at radius 3 is 2.64 bits per heavy atom. The monoisotopic (exact) mass is 381 g/mol. The van der Waals surface area contributed by atoms with Crippen LogP contribution in [0.2, 0.25) is 0 Å². The Balaban J connectivity index is 1.68. The first-order valence-corrected chi connectivity index (χ1v) is 10.7. The topological polar surface area (TPSA) is 47.0 Å². The van der Waals surface area contributed by atoms with E-state index in [2.05, 4.69) is 48.4 Å². The SMILES string of the molecule is CCOC1(CC(C)(CCNCc2ccnc(C)c2)c2ccccn2)CCCC1. The highest BCUT2D eigenvalue weighted by Crippen LogP contribution is 2.44. The number of aromatic nitrogens is 2. The van der Waals surface area contributed by atoms with Crippen LogP contribution in [0.15, 0.2) is 42.7 Å². The first-order chi connectivity index (χ1) is 13.6. The summed E-state index contributed by atoms with van der Waals surface area (Å²) >= 11 is 0. The van der Waals surface area contributed by atoms with E-state index in [-0.39, 0.29) is 11.0 Å². The number of hydrogen-bond acceptors (Lipinski definition) is 4. The van der Waals surface area contributed by atoms with Crippen LogP contribution in [0.25, 0.3) is 0 Å². The van der Waals surface area contributed by atoms with Crippen LogP contribution in [0.1, 0.15) is 69.3 Å². The number of pyridine rings is 2. The molecule has 1 aliphatic carbocycles. The maximum atomic E-state index is 6.34. The molecule has 4 heteroatoms. The summed E-state index contributed by atoms with van der Waals surface area (Å²) in [4.78, 5) is 9.02. The first-order valence-electron chi connectivity index (χ1n) is 10.7. The molecule has 1 unspecified atom stereocenters. The number of aryl methyl sites for hydroxylation is 1. The van der Waals surface area contributed by atoms with Crippen molar-refractivity contribution in [3.63, 3.8) is 0 Å². The minimum atomic E-state index is 0.00191. The van der Waals surface area contributed by atoms with Crippen molar-refractivity contribution < 1.29 is 4.74 Å². The molecule has 1 atom stereocenters. The van der Waals surface area contributed by atoms with Gasteiger partial charge in [-0.2, -0.15) is 0 Å². The zero-order chi connectivity index (χ0) is 19.9. The van der Waals surface area contributed by atoms with Crippen molar-refractivity contribution in [1.29, 1.82) is 0 Å². The van der Waals surface area contributed by atoms with Gasteiger partial charge in [0.25, 0.3) is 0 Å². The molecule has 0 aliphatic heterocycles. The number of hydrogen-bond donors (Lipinski definition) is 1. The molecule has 2 heterocycles. The Morgan fingerprint density at radius 2 is 1.96 bits per heavy atom. The normalized spacial score (nSPS) is 18.1. The predicted molar refractivity (Wildman–Crippen MR) is 114 cm³/mol. The maximum absolute atomic E-state index is 6.34. The van der Waals surface area contributed by atoms with Gasteiger partial charge in [-0.3, -0.25) is 9.97 Å². The van der Waals surface area contributed by atoms with Crippen molar-refractivity contribution in [2.75, 3.05) is 13.2 Å². The van der Waals surface area contributed by atoms with Gasteiger partial charge in [0, 0.05) is 42.3 Å². The van der Waals surface area contributed by atoms with Crippen molar-refractivity contribution in [3.8, 4) is 0 Å². The lowest BCUT2D eigenvalue weighted by atomic mass is 9.73. The molecule has 28 heavy (non-hydrogen) atoms. The Hall–Kier alpha value is -1.78. The second-order valence-electron chi connectivity index (χ2n) is 8.51. The Labute approximate surface area is 170 Å². The third-order valence-corrected chi connectivity index (χ3v) is 6.10. The smallest absolute Gasteiger partial charge is 0.0691 e. The van der Waals surface area contributed by atoms with Crippen molar-refractivity contribution in [1.82, 2.24) is 15.3 Å². The zero-order valence-corrected chi connectivity index (χ0v) is 17.7. The Bertz CT molecular complexity index is 728. The molecule has 0 radical (unpaired) electrons. The molecule has 2 aromatic heterocycles. The molecular formula is C24H35N3O. The predicted octanol–water partition coefficient (Wildman–Crippen LogP) is 4.96. The van der Waals surface area contributed by atoms with Crippen LogP contribution < -0.4 is 5.32 Å². The highest BCUT2D eigenvalue weighted by molar-refractivity contribution is 5.18. The van der Waals surface area contributed by atoms with Gasteiger partial charge in [-0.15, -0.1) is 0 Å². The summed E-state index contributed by atoms with van der Waals surface area (Å²) in [6, 6.07) is 10.5. The highest BCUT2D eigenvalue weighted by atomic mass is 16.5. The van der Waals surface area contributed by atoms with E-state index in [0.29, 0.717) is 0 Å². The van der Waals surface area contributed by atoms with Gasteiger partial charge in [-0.05, 0) is 75.9 Å². The molecule has 1 saturated carbocycles. The van der Waals surface area contributed by atoms with Gasteiger partial charge in [0.05, 0.1) is 5.60 Å². The van der Waals surface area contributed by atoms with Gasteiger partial charge in [0.1, 0.15) is 0 Å². The minimum absolute atomic E-state index is 0.00191. The zero-order valence-electron chi connectivity index (χ0n) is 17.7. The summed E-state index contributed by atoms with van der Waals surface area (Å²) < 4.78 is 6.34. The van der Waals surface area contributed by atoms with Gasteiger partial charge in [-0.25, -0.2) is 0 Å². The van der Waals surface area contributed by atoms with E-state index in [4.69, 9.17) is 9.72 Å². The van der Waals surface area contributed by atoms with Crippen LogP contribution in [0, 0.1) is 6.92 Å². The third kappa shape index (κ3) is 5.39. The summed E-state index contributed by atoms with van der Waals surface area (Å²) in [5.41, 5.74) is 3.55. The lowest BCUT2D eigenvalue weighted by Crippen LogP contribution is -2.40. The minimum Gasteiger partial charge on any atom is -0.375 e. The molecule has 0 spiro atoms. The summed E-state index contributed by atoms with van der Waals surface area (Å²) in [5.74, 6) is 0. The molecule has 0 bridgehead atoms. The molecule has 2 aromatic rings. The largest absolute Gasteiger partial charge is 0.375 e. The van der Waals surface area contributed by atoms with E-state index in [1.807, 2.05) is 25.4 Å². The molecule has 1 fully saturated rings. The molecular weight excluding hydrogens is 346 g/mol. The van der Waals surface area contributed by atoms with Crippen molar-refractivity contribution in [2.24, 2.45) is 0 Å². The summed E-state index contributed by atoms with van der Waals surface area (Å²) in [6.07, 6.45) is 10.8. The van der Waals surface area contributed by atoms with Gasteiger partial charge in [0.2, 0.25) is 0 Å². The second kappa shape index (κ2) is 9.62. The fourth-order valence-corrected chi connectivity index (χ4v) is 4.75.